The summed E-state index contributed by atoms with van der Waals surface area (Å²) in [5.41, 5.74) is 2.54. The van der Waals surface area contributed by atoms with E-state index >= 15 is 0 Å². The molecule has 2 aliphatic rings. The van der Waals surface area contributed by atoms with E-state index in [2.05, 4.69) is 64.2 Å². The first-order valence-electron chi connectivity index (χ1n) is 10.4. The fourth-order valence-corrected chi connectivity index (χ4v) is 4.77. The number of hydrogen-bond donors (Lipinski definition) is 0. The highest BCUT2D eigenvalue weighted by molar-refractivity contribution is 9.10. The summed E-state index contributed by atoms with van der Waals surface area (Å²) in [6.45, 7) is 4.28. The molecule has 2 fully saturated rings. The molecule has 5 rings (SSSR count). The van der Waals surface area contributed by atoms with E-state index in [1.54, 1.807) is 7.11 Å². The zero-order valence-corrected chi connectivity index (χ0v) is 18.6. The second-order valence-electron chi connectivity index (χ2n) is 8.60. The number of methoxy groups -OCH3 is 1. The first-order chi connectivity index (χ1) is 14.1. The number of piperidine rings is 1. The smallest absolute Gasteiger partial charge is 0.140 e. The Kier molecular flexibility index (Phi) is 4.73. The molecular weight excluding hydrogens is 426 g/mol. The molecule has 3 aromatic rings. The molecule has 2 heterocycles. The Hall–Kier alpha value is -2.14. The molecule has 0 radical (unpaired) electrons. The zero-order chi connectivity index (χ0) is 20.0. The summed E-state index contributed by atoms with van der Waals surface area (Å²) in [7, 11) is 1.76. The largest absolute Gasteiger partial charge is 0.496 e. The van der Waals surface area contributed by atoms with Crippen LogP contribution in [0.4, 0.5) is 5.82 Å². The molecule has 2 aromatic carbocycles. The number of nitrogens with zero attached hydrogens (tertiary/aromatic N) is 3. The molecule has 0 unspecified atom stereocenters. The van der Waals surface area contributed by atoms with Crippen LogP contribution in [0.25, 0.3) is 10.9 Å². The number of rotatable bonds is 4. The van der Waals surface area contributed by atoms with E-state index in [0.717, 1.165) is 58.7 Å². The number of halogens is 1. The average Bonchev–Trinajstić information content (AvgIpc) is 3.51. The number of ether oxygens (including phenoxy) is 1. The Morgan fingerprint density at radius 3 is 2.55 bits per heavy atom. The van der Waals surface area contributed by atoms with Gasteiger partial charge in [-0.2, -0.15) is 0 Å². The minimum Gasteiger partial charge on any atom is -0.496 e. The quantitative estimate of drug-likeness (QED) is 0.499. The van der Waals surface area contributed by atoms with Crippen molar-refractivity contribution in [2.24, 2.45) is 0 Å². The van der Waals surface area contributed by atoms with Crippen molar-refractivity contribution in [2.45, 2.75) is 43.9 Å². The molecule has 0 atom stereocenters. The highest BCUT2D eigenvalue weighted by Crippen LogP contribution is 2.47. The second-order valence-corrected chi connectivity index (χ2v) is 9.51. The van der Waals surface area contributed by atoms with E-state index in [1.165, 1.54) is 18.4 Å². The van der Waals surface area contributed by atoms with Crippen LogP contribution in [-0.4, -0.2) is 30.2 Å². The van der Waals surface area contributed by atoms with Crippen molar-refractivity contribution in [1.29, 1.82) is 0 Å². The van der Waals surface area contributed by atoms with E-state index < -0.39 is 0 Å². The van der Waals surface area contributed by atoms with Crippen molar-refractivity contribution in [3.63, 3.8) is 0 Å². The topological polar surface area (TPSA) is 38.2 Å². The van der Waals surface area contributed by atoms with Crippen molar-refractivity contribution < 1.29 is 4.74 Å². The molecule has 1 saturated heterocycles. The third-order valence-electron chi connectivity index (χ3n) is 6.55. The molecule has 1 aliphatic carbocycles. The van der Waals surface area contributed by atoms with Gasteiger partial charge >= 0.3 is 0 Å². The number of anilines is 1. The van der Waals surface area contributed by atoms with Crippen LogP contribution in [0, 0.1) is 0 Å². The highest BCUT2D eigenvalue weighted by Gasteiger charge is 2.42. The van der Waals surface area contributed by atoms with Gasteiger partial charge in [0.15, 0.2) is 0 Å². The lowest BCUT2D eigenvalue weighted by atomic mass is 9.88. The van der Waals surface area contributed by atoms with Gasteiger partial charge in [-0.05, 0) is 61.4 Å². The van der Waals surface area contributed by atoms with Gasteiger partial charge in [-0.15, -0.1) is 0 Å². The highest BCUT2D eigenvalue weighted by atomic mass is 79.9. The van der Waals surface area contributed by atoms with Crippen LogP contribution in [0.5, 0.6) is 5.75 Å². The van der Waals surface area contributed by atoms with E-state index in [4.69, 9.17) is 14.7 Å². The number of aromatic nitrogens is 2. The normalized spacial score (nSPS) is 18.8. The minimum atomic E-state index is 0.158. The fraction of sp³-hybridized carbons (Fsp3) is 0.417. The summed E-state index contributed by atoms with van der Waals surface area (Å²) in [6, 6.07) is 14.8. The third-order valence-corrected chi connectivity index (χ3v) is 7.04. The van der Waals surface area contributed by atoms with Crippen LogP contribution in [0.3, 0.4) is 0 Å². The van der Waals surface area contributed by atoms with Crippen LogP contribution in [0.1, 0.15) is 49.9 Å². The van der Waals surface area contributed by atoms with E-state index in [1.807, 2.05) is 6.07 Å². The van der Waals surface area contributed by atoms with Crippen LogP contribution < -0.4 is 9.64 Å². The Balaban J connectivity index is 1.46. The summed E-state index contributed by atoms with van der Waals surface area (Å²) in [5, 5.41) is 1.14. The van der Waals surface area contributed by atoms with Gasteiger partial charge in [0.1, 0.15) is 17.4 Å². The van der Waals surface area contributed by atoms with Gasteiger partial charge in [0, 0.05) is 28.4 Å². The van der Waals surface area contributed by atoms with Gasteiger partial charge < -0.3 is 9.64 Å². The molecule has 150 valence electrons. The second kappa shape index (κ2) is 7.28. The SMILES string of the molecule is COc1ccccc1C1CCN(c2nc(C3(C)CC3)nc3ccc(Br)cc23)CC1. The van der Waals surface area contributed by atoms with Crippen LogP contribution in [-0.2, 0) is 5.41 Å². The van der Waals surface area contributed by atoms with Crippen molar-refractivity contribution in [3.8, 4) is 5.75 Å². The molecule has 0 N–H and O–H groups in total. The molecule has 4 nitrogen and oxygen atoms in total. The van der Waals surface area contributed by atoms with E-state index in [0.29, 0.717) is 5.92 Å². The predicted molar refractivity (Wildman–Crippen MR) is 121 cm³/mol. The molecular formula is C24H26BrN3O. The van der Waals surface area contributed by atoms with E-state index in [9.17, 15) is 0 Å². The molecule has 1 aliphatic heterocycles. The zero-order valence-electron chi connectivity index (χ0n) is 17.0. The maximum Gasteiger partial charge on any atom is 0.140 e. The summed E-state index contributed by atoms with van der Waals surface area (Å²) in [6.07, 6.45) is 4.58. The van der Waals surface area contributed by atoms with Crippen molar-refractivity contribution >= 4 is 32.7 Å². The van der Waals surface area contributed by atoms with Crippen LogP contribution in [0.2, 0.25) is 0 Å². The predicted octanol–water partition coefficient (Wildman–Crippen LogP) is 5.84. The Morgan fingerprint density at radius 1 is 1.07 bits per heavy atom. The maximum absolute atomic E-state index is 5.60. The Labute approximate surface area is 180 Å². The van der Waals surface area contributed by atoms with Crippen molar-refractivity contribution in [2.75, 3.05) is 25.1 Å². The molecule has 5 heteroatoms. The number of benzene rings is 2. The lowest BCUT2D eigenvalue weighted by molar-refractivity contribution is 0.397. The van der Waals surface area contributed by atoms with Crippen molar-refractivity contribution in [3.05, 3.63) is 58.3 Å². The average molecular weight is 452 g/mol. The van der Waals surface area contributed by atoms with Gasteiger partial charge in [0.05, 0.1) is 12.6 Å². The standard InChI is InChI=1S/C24H26BrN3O/c1-24(11-12-24)23-26-20-8-7-17(25)15-19(20)22(27-23)28-13-9-16(10-14-28)18-5-3-4-6-21(18)29-2/h3-8,15-16H,9-14H2,1-2H3. The van der Waals surface area contributed by atoms with Gasteiger partial charge in [0.2, 0.25) is 0 Å². The first kappa shape index (κ1) is 18.9. The summed E-state index contributed by atoms with van der Waals surface area (Å²) < 4.78 is 6.67. The monoisotopic (exact) mass is 451 g/mol. The minimum absolute atomic E-state index is 0.158. The lowest BCUT2D eigenvalue weighted by Gasteiger charge is -2.34. The summed E-state index contributed by atoms with van der Waals surface area (Å²) in [4.78, 5) is 12.5. The maximum atomic E-state index is 5.60. The molecule has 29 heavy (non-hydrogen) atoms. The molecule has 1 aromatic heterocycles. The summed E-state index contributed by atoms with van der Waals surface area (Å²) >= 11 is 3.63. The van der Waals surface area contributed by atoms with Gasteiger partial charge in [-0.3, -0.25) is 0 Å². The number of hydrogen-bond acceptors (Lipinski definition) is 4. The number of fused-ring (bicyclic) bond motifs is 1. The fourth-order valence-electron chi connectivity index (χ4n) is 4.41. The van der Waals surface area contributed by atoms with Crippen molar-refractivity contribution in [1.82, 2.24) is 9.97 Å². The van der Waals surface area contributed by atoms with Gasteiger partial charge in [0.25, 0.3) is 0 Å². The summed E-state index contributed by atoms with van der Waals surface area (Å²) in [5.74, 6) is 3.64. The molecule has 0 bridgehead atoms. The first-order valence-corrected chi connectivity index (χ1v) is 11.2. The van der Waals surface area contributed by atoms with E-state index in [-0.39, 0.29) is 5.41 Å². The molecule has 0 spiro atoms. The van der Waals surface area contributed by atoms with Crippen LogP contribution in [0.15, 0.2) is 46.9 Å². The lowest BCUT2D eigenvalue weighted by Crippen LogP contribution is -2.34. The number of para-hydroxylation sites is 1. The molecule has 1 saturated carbocycles. The molecule has 0 amide bonds. The third kappa shape index (κ3) is 3.50. The van der Waals surface area contributed by atoms with Crippen LogP contribution >= 0.6 is 15.9 Å². The van der Waals surface area contributed by atoms with Gasteiger partial charge in [-0.25, -0.2) is 9.97 Å². The van der Waals surface area contributed by atoms with Gasteiger partial charge in [-0.1, -0.05) is 41.1 Å². The Morgan fingerprint density at radius 2 is 1.83 bits per heavy atom. The Bertz CT molecular complexity index is 1060.